The average Bonchev–Trinajstić information content (AvgIpc) is 2.77. The lowest BCUT2D eigenvalue weighted by Gasteiger charge is -2.38. The molecule has 1 fully saturated rings. The van der Waals surface area contributed by atoms with Crippen LogP contribution in [0.15, 0.2) is 45.6 Å². The number of ether oxygens (including phenoxy) is 2. The highest BCUT2D eigenvalue weighted by atomic mass is 16.7. The molecule has 1 aliphatic rings. The number of para-hydroxylation sites is 1. The van der Waals surface area contributed by atoms with Gasteiger partial charge in [-0.25, -0.2) is 4.79 Å². The third-order valence-corrected chi connectivity index (χ3v) is 5.15. The maximum atomic E-state index is 12.6. The van der Waals surface area contributed by atoms with Gasteiger partial charge in [0.15, 0.2) is 22.9 Å². The molecule has 1 aliphatic heterocycles. The minimum absolute atomic E-state index is 0.120. The number of phenolic OH excluding ortho intramolecular Hbond substituents is 3. The summed E-state index contributed by atoms with van der Waals surface area (Å²) in [5, 5.41) is 69.5. The van der Waals surface area contributed by atoms with Crippen molar-refractivity contribution >= 4 is 16.9 Å². The Morgan fingerprint density at radius 3 is 2.30 bits per heavy atom. The first kappa shape index (κ1) is 22.4. The van der Waals surface area contributed by atoms with Crippen LogP contribution in [0.5, 0.6) is 23.0 Å². The molecule has 1 aromatic heterocycles. The lowest BCUT2D eigenvalue weighted by atomic mass is 9.99. The molecule has 12 nitrogen and oxygen atoms in total. The van der Waals surface area contributed by atoms with Crippen molar-refractivity contribution < 1.29 is 54.4 Å². The SMILES string of the molecule is O=C(O)C1OC(Oc2cc(O)c3c(=O)cc(-c4ccccc4O)oc3c2O)C(O)C(O)C1O. The zero-order valence-corrected chi connectivity index (χ0v) is 16.5. The molecule has 0 radical (unpaired) electrons. The molecule has 5 unspecified atom stereocenters. The Balaban J connectivity index is 1.79. The van der Waals surface area contributed by atoms with Crippen LogP contribution in [0.3, 0.4) is 0 Å². The number of hydrogen-bond donors (Lipinski definition) is 7. The van der Waals surface area contributed by atoms with E-state index < -0.39 is 70.3 Å². The maximum Gasteiger partial charge on any atom is 0.335 e. The molecule has 4 rings (SSSR count). The summed E-state index contributed by atoms with van der Waals surface area (Å²) in [5.74, 6) is -4.10. The summed E-state index contributed by atoms with van der Waals surface area (Å²) in [5.41, 5.74) is -1.17. The summed E-state index contributed by atoms with van der Waals surface area (Å²) in [6.45, 7) is 0. The topological polar surface area (TPSA) is 207 Å². The first-order chi connectivity index (χ1) is 15.6. The molecule has 1 saturated heterocycles. The number of carboxylic acid groups (broad SMARTS) is 1. The molecule has 0 aliphatic carbocycles. The number of benzene rings is 2. The van der Waals surface area contributed by atoms with Crippen molar-refractivity contribution in [2.75, 3.05) is 0 Å². The second kappa shape index (κ2) is 8.26. The van der Waals surface area contributed by atoms with E-state index in [1.165, 1.54) is 12.1 Å². The first-order valence-electron chi connectivity index (χ1n) is 9.50. The van der Waals surface area contributed by atoms with Gasteiger partial charge in [0.05, 0.1) is 5.56 Å². The number of fused-ring (bicyclic) bond motifs is 1. The molecule has 0 amide bonds. The zero-order chi connectivity index (χ0) is 24.0. The number of aliphatic hydroxyl groups is 3. The maximum absolute atomic E-state index is 12.6. The molecule has 0 saturated carbocycles. The highest BCUT2D eigenvalue weighted by Gasteiger charge is 2.48. The number of aliphatic hydroxyl groups excluding tert-OH is 3. The predicted molar refractivity (Wildman–Crippen MR) is 108 cm³/mol. The summed E-state index contributed by atoms with van der Waals surface area (Å²) >= 11 is 0. The fourth-order valence-electron chi connectivity index (χ4n) is 3.46. The van der Waals surface area contributed by atoms with Gasteiger partial charge in [0, 0.05) is 12.1 Å². The van der Waals surface area contributed by atoms with Gasteiger partial charge in [-0.3, -0.25) is 4.79 Å². The molecular formula is C21H18O12. The molecule has 5 atom stereocenters. The van der Waals surface area contributed by atoms with Gasteiger partial charge in [0.25, 0.3) is 0 Å². The largest absolute Gasteiger partial charge is 0.507 e. The quantitative estimate of drug-likeness (QED) is 0.253. The molecule has 3 aromatic rings. The van der Waals surface area contributed by atoms with E-state index in [0.717, 1.165) is 12.1 Å². The van der Waals surface area contributed by atoms with E-state index in [1.807, 2.05) is 0 Å². The van der Waals surface area contributed by atoms with Crippen molar-refractivity contribution in [2.24, 2.45) is 0 Å². The summed E-state index contributed by atoms with van der Waals surface area (Å²) in [7, 11) is 0. The smallest absolute Gasteiger partial charge is 0.335 e. The Hall–Kier alpha value is -3.84. The Kier molecular flexibility index (Phi) is 5.59. The standard InChI is InChI=1S/C21H18O12/c22-8-4-2-1-3-7(8)11-5-9(23)13-10(24)6-12(14(25)18(13)31-11)32-21-17(28)15(26)16(27)19(33-21)20(29)30/h1-6,15-17,19,21-22,24-28H,(H,29,30). The Bertz CT molecular complexity index is 1280. The van der Waals surface area contributed by atoms with Crippen LogP contribution in [0, 0.1) is 0 Å². The second-order valence-electron chi connectivity index (χ2n) is 7.29. The predicted octanol–water partition coefficient (Wildman–Crippen LogP) is -0.152. The highest BCUT2D eigenvalue weighted by molar-refractivity contribution is 5.91. The Morgan fingerprint density at radius 2 is 1.64 bits per heavy atom. The first-order valence-corrected chi connectivity index (χ1v) is 9.50. The number of hydrogen-bond acceptors (Lipinski definition) is 11. The summed E-state index contributed by atoms with van der Waals surface area (Å²) in [6, 6.07) is 7.70. The number of carbonyl (C=O) groups is 1. The lowest BCUT2D eigenvalue weighted by molar-refractivity contribution is -0.271. The molecule has 2 aromatic carbocycles. The van der Waals surface area contributed by atoms with Crippen LogP contribution in [0.1, 0.15) is 0 Å². The molecule has 33 heavy (non-hydrogen) atoms. The van der Waals surface area contributed by atoms with Gasteiger partial charge < -0.3 is 49.6 Å². The number of phenols is 3. The normalized spacial score (nSPS) is 25.1. The van der Waals surface area contributed by atoms with E-state index >= 15 is 0 Å². The molecule has 2 heterocycles. The van der Waals surface area contributed by atoms with Gasteiger partial charge >= 0.3 is 5.97 Å². The third kappa shape index (κ3) is 3.81. The molecular weight excluding hydrogens is 444 g/mol. The van der Waals surface area contributed by atoms with Crippen LogP contribution in [-0.4, -0.2) is 72.4 Å². The highest BCUT2D eigenvalue weighted by Crippen LogP contribution is 2.42. The molecule has 7 N–H and O–H groups in total. The fraction of sp³-hybridized carbons (Fsp3) is 0.238. The van der Waals surface area contributed by atoms with Gasteiger partial charge in [-0.15, -0.1) is 0 Å². The van der Waals surface area contributed by atoms with E-state index in [9.17, 15) is 40.2 Å². The van der Waals surface area contributed by atoms with Crippen LogP contribution in [0.2, 0.25) is 0 Å². The zero-order valence-electron chi connectivity index (χ0n) is 16.5. The van der Waals surface area contributed by atoms with Crippen molar-refractivity contribution in [1.82, 2.24) is 0 Å². The third-order valence-electron chi connectivity index (χ3n) is 5.15. The monoisotopic (exact) mass is 462 g/mol. The minimum Gasteiger partial charge on any atom is -0.507 e. The van der Waals surface area contributed by atoms with Crippen LogP contribution in [0.25, 0.3) is 22.3 Å². The van der Waals surface area contributed by atoms with E-state index in [4.69, 9.17) is 19.0 Å². The average molecular weight is 462 g/mol. The van der Waals surface area contributed by atoms with Crippen molar-refractivity contribution in [2.45, 2.75) is 30.7 Å². The van der Waals surface area contributed by atoms with Crippen LogP contribution in [-0.2, 0) is 9.53 Å². The second-order valence-corrected chi connectivity index (χ2v) is 7.29. The van der Waals surface area contributed by atoms with Crippen molar-refractivity contribution in [3.05, 3.63) is 46.6 Å². The fourth-order valence-corrected chi connectivity index (χ4v) is 3.46. The van der Waals surface area contributed by atoms with Crippen LogP contribution in [0.4, 0.5) is 0 Å². The Labute approximate surface area is 183 Å². The lowest BCUT2D eigenvalue weighted by Crippen LogP contribution is -2.61. The van der Waals surface area contributed by atoms with Crippen LogP contribution < -0.4 is 10.2 Å². The van der Waals surface area contributed by atoms with Crippen molar-refractivity contribution in [1.29, 1.82) is 0 Å². The molecule has 0 bridgehead atoms. The number of rotatable bonds is 4. The van der Waals surface area contributed by atoms with Gasteiger partial charge in [-0.2, -0.15) is 0 Å². The molecule has 174 valence electrons. The minimum atomic E-state index is -1.97. The van der Waals surface area contributed by atoms with E-state index in [0.29, 0.717) is 0 Å². The molecule has 12 heteroatoms. The summed E-state index contributed by atoms with van der Waals surface area (Å²) < 4.78 is 15.8. The van der Waals surface area contributed by atoms with E-state index in [2.05, 4.69) is 0 Å². The Morgan fingerprint density at radius 1 is 0.939 bits per heavy atom. The van der Waals surface area contributed by atoms with Crippen LogP contribution >= 0.6 is 0 Å². The van der Waals surface area contributed by atoms with E-state index in [-0.39, 0.29) is 17.1 Å². The van der Waals surface area contributed by atoms with Crippen molar-refractivity contribution in [3.8, 4) is 34.3 Å². The van der Waals surface area contributed by atoms with E-state index in [1.54, 1.807) is 12.1 Å². The number of carboxylic acids is 1. The van der Waals surface area contributed by atoms with Gasteiger partial charge in [0.1, 0.15) is 41.0 Å². The molecule has 0 spiro atoms. The van der Waals surface area contributed by atoms with Gasteiger partial charge in [-0.05, 0) is 12.1 Å². The number of aliphatic carboxylic acids is 1. The van der Waals surface area contributed by atoms with Crippen molar-refractivity contribution in [3.63, 3.8) is 0 Å². The van der Waals surface area contributed by atoms with Gasteiger partial charge in [-0.1, -0.05) is 12.1 Å². The number of aromatic hydroxyl groups is 3. The van der Waals surface area contributed by atoms with Gasteiger partial charge in [0.2, 0.25) is 12.0 Å². The summed E-state index contributed by atoms with van der Waals surface area (Å²) in [6.07, 6.45) is -9.72. The summed E-state index contributed by atoms with van der Waals surface area (Å²) in [4.78, 5) is 23.8.